The standard InChI is InChI=1S/C23H21N3/c1-3-4-8-19-16(2)10-14-21-23(19)26-22(25-21)15-13-18-12-11-17-7-5-6-9-20(17)24-18/h3-12,14H,1,13,15H2,2H3,(H,25,26)/b8-4-. The lowest BCUT2D eigenvalue weighted by Gasteiger charge is -2.02. The first kappa shape index (κ1) is 16.3. The molecular formula is C23H21N3. The Morgan fingerprint density at radius 1 is 1.00 bits per heavy atom. The van der Waals surface area contributed by atoms with Crippen LogP contribution in [0.15, 0.2) is 67.3 Å². The molecular weight excluding hydrogens is 318 g/mol. The molecule has 4 aromatic rings. The monoisotopic (exact) mass is 339 g/mol. The second-order valence-corrected chi connectivity index (χ2v) is 6.47. The third-order valence-corrected chi connectivity index (χ3v) is 4.63. The van der Waals surface area contributed by atoms with Crippen LogP contribution in [0.3, 0.4) is 0 Å². The zero-order valence-electron chi connectivity index (χ0n) is 14.9. The number of aromatic nitrogens is 3. The molecule has 3 nitrogen and oxygen atoms in total. The lowest BCUT2D eigenvalue weighted by atomic mass is 10.1. The lowest BCUT2D eigenvalue weighted by Crippen LogP contribution is -1.96. The van der Waals surface area contributed by atoms with Crippen LogP contribution >= 0.6 is 0 Å². The van der Waals surface area contributed by atoms with Gasteiger partial charge in [-0.3, -0.25) is 4.98 Å². The summed E-state index contributed by atoms with van der Waals surface area (Å²) in [6, 6.07) is 16.7. The van der Waals surface area contributed by atoms with Gasteiger partial charge in [0.2, 0.25) is 0 Å². The first-order chi connectivity index (χ1) is 12.7. The molecule has 0 amide bonds. The number of aryl methyl sites for hydroxylation is 3. The largest absolute Gasteiger partial charge is 0.342 e. The number of rotatable bonds is 5. The van der Waals surface area contributed by atoms with E-state index in [9.17, 15) is 0 Å². The van der Waals surface area contributed by atoms with Crippen LogP contribution in [0.5, 0.6) is 0 Å². The molecule has 2 aromatic heterocycles. The molecule has 0 fully saturated rings. The van der Waals surface area contributed by atoms with Crippen LogP contribution in [0.2, 0.25) is 0 Å². The van der Waals surface area contributed by atoms with E-state index >= 15 is 0 Å². The summed E-state index contributed by atoms with van der Waals surface area (Å²) in [5.41, 5.74) is 6.58. The van der Waals surface area contributed by atoms with Crippen molar-refractivity contribution in [1.82, 2.24) is 15.0 Å². The molecule has 0 aliphatic rings. The van der Waals surface area contributed by atoms with Gasteiger partial charge in [0.25, 0.3) is 0 Å². The van der Waals surface area contributed by atoms with Crippen LogP contribution in [0, 0.1) is 6.92 Å². The Balaban J connectivity index is 1.60. The van der Waals surface area contributed by atoms with Gasteiger partial charge in [-0.25, -0.2) is 4.98 Å². The summed E-state index contributed by atoms with van der Waals surface area (Å²) in [7, 11) is 0. The van der Waals surface area contributed by atoms with Gasteiger partial charge in [-0.2, -0.15) is 0 Å². The van der Waals surface area contributed by atoms with E-state index in [1.54, 1.807) is 6.08 Å². The van der Waals surface area contributed by atoms with Gasteiger partial charge in [0.1, 0.15) is 5.82 Å². The third-order valence-electron chi connectivity index (χ3n) is 4.63. The van der Waals surface area contributed by atoms with Gasteiger partial charge < -0.3 is 4.98 Å². The minimum absolute atomic E-state index is 0.837. The van der Waals surface area contributed by atoms with E-state index in [0.717, 1.165) is 46.5 Å². The third kappa shape index (κ3) is 3.16. The van der Waals surface area contributed by atoms with Gasteiger partial charge >= 0.3 is 0 Å². The lowest BCUT2D eigenvalue weighted by molar-refractivity contribution is 0.866. The van der Waals surface area contributed by atoms with Crippen molar-refractivity contribution < 1.29 is 0 Å². The highest BCUT2D eigenvalue weighted by atomic mass is 14.9. The van der Waals surface area contributed by atoms with Gasteiger partial charge in [-0.15, -0.1) is 0 Å². The smallest absolute Gasteiger partial charge is 0.107 e. The number of allylic oxidation sites excluding steroid dienone is 2. The Morgan fingerprint density at radius 3 is 2.77 bits per heavy atom. The van der Waals surface area contributed by atoms with Crippen LogP contribution in [0.1, 0.15) is 22.6 Å². The summed E-state index contributed by atoms with van der Waals surface area (Å²) in [6.45, 7) is 5.86. The molecule has 0 aliphatic heterocycles. The Labute approximate surface area is 153 Å². The fraction of sp³-hybridized carbons (Fsp3) is 0.130. The molecule has 0 aliphatic carbocycles. The number of imidazole rings is 1. The molecule has 0 saturated heterocycles. The molecule has 2 heterocycles. The maximum absolute atomic E-state index is 4.83. The van der Waals surface area contributed by atoms with E-state index in [1.165, 1.54) is 10.9 Å². The average molecular weight is 339 g/mol. The van der Waals surface area contributed by atoms with Gasteiger partial charge in [0.15, 0.2) is 0 Å². The number of nitrogens with zero attached hydrogens (tertiary/aromatic N) is 2. The highest BCUT2D eigenvalue weighted by molar-refractivity contribution is 5.86. The van der Waals surface area contributed by atoms with Crippen LogP contribution < -0.4 is 0 Å². The number of benzene rings is 2. The molecule has 0 unspecified atom stereocenters. The highest BCUT2D eigenvalue weighted by Gasteiger charge is 2.09. The zero-order chi connectivity index (χ0) is 17.9. The van der Waals surface area contributed by atoms with Gasteiger partial charge in [0, 0.05) is 23.1 Å². The number of hydrogen-bond acceptors (Lipinski definition) is 2. The number of pyridine rings is 1. The molecule has 0 spiro atoms. The quantitative estimate of drug-likeness (QED) is 0.494. The number of hydrogen-bond donors (Lipinski definition) is 1. The molecule has 1 N–H and O–H groups in total. The topological polar surface area (TPSA) is 41.6 Å². The summed E-state index contributed by atoms with van der Waals surface area (Å²) in [4.78, 5) is 13.0. The van der Waals surface area contributed by atoms with Crippen molar-refractivity contribution in [3.8, 4) is 0 Å². The Kier molecular flexibility index (Phi) is 4.36. The maximum Gasteiger partial charge on any atom is 0.107 e. The summed E-state index contributed by atoms with van der Waals surface area (Å²) in [5.74, 6) is 0.994. The SMILES string of the molecule is C=C/C=C\c1c(C)ccc2[nH]c(CCc3ccc4ccccc4n3)nc12. The summed E-state index contributed by atoms with van der Waals surface area (Å²) >= 11 is 0. The van der Waals surface area contributed by atoms with E-state index in [-0.39, 0.29) is 0 Å². The predicted octanol–water partition coefficient (Wildman–Crippen LogP) is 5.40. The van der Waals surface area contributed by atoms with Crippen molar-refractivity contribution in [2.45, 2.75) is 19.8 Å². The normalized spacial score (nSPS) is 11.6. The minimum atomic E-state index is 0.837. The summed E-state index contributed by atoms with van der Waals surface area (Å²) in [5, 5.41) is 1.18. The molecule has 4 rings (SSSR count). The van der Waals surface area contributed by atoms with Crippen molar-refractivity contribution in [2.75, 3.05) is 0 Å². The molecule has 3 heteroatoms. The first-order valence-electron chi connectivity index (χ1n) is 8.86. The van der Waals surface area contributed by atoms with Crippen molar-refractivity contribution in [1.29, 1.82) is 0 Å². The molecule has 0 bridgehead atoms. The first-order valence-corrected chi connectivity index (χ1v) is 8.86. The summed E-state index contributed by atoms with van der Waals surface area (Å²) < 4.78 is 0. The number of aromatic amines is 1. The maximum atomic E-state index is 4.83. The molecule has 0 atom stereocenters. The molecule has 0 saturated carbocycles. The van der Waals surface area contributed by atoms with Gasteiger partial charge in [-0.05, 0) is 37.1 Å². The van der Waals surface area contributed by atoms with E-state index in [0.29, 0.717) is 0 Å². The van der Waals surface area contributed by atoms with E-state index in [4.69, 9.17) is 9.97 Å². The second kappa shape index (κ2) is 6.96. The number of fused-ring (bicyclic) bond motifs is 2. The van der Waals surface area contributed by atoms with Crippen molar-refractivity contribution in [3.63, 3.8) is 0 Å². The molecule has 0 radical (unpaired) electrons. The second-order valence-electron chi connectivity index (χ2n) is 6.47. The van der Waals surface area contributed by atoms with Crippen molar-refractivity contribution in [3.05, 3.63) is 89.9 Å². The van der Waals surface area contributed by atoms with Gasteiger partial charge in [-0.1, -0.05) is 55.1 Å². The fourth-order valence-electron chi connectivity index (χ4n) is 3.24. The van der Waals surface area contributed by atoms with Crippen LogP contribution in [0.25, 0.3) is 28.0 Å². The molecule has 26 heavy (non-hydrogen) atoms. The average Bonchev–Trinajstić information content (AvgIpc) is 3.09. The van der Waals surface area contributed by atoms with Crippen LogP contribution in [0.4, 0.5) is 0 Å². The molecule has 128 valence electrons. The number of para-hydroxylation sites is 1. The highest BCUT2D eigenvalue weighted by Crippen LogP contribution is 2.22. The van der Waals surface area contributed by atoms with E-state index < -0.39 is 0 Å². The zero-order valence-corrected chi connectivity index (χ0v) is 14.9. The summed E-state index contributed by atoms with van der Waals surface area (Å²) in [6.07, 6.45) is 7.51. The Morgan fingerprint density at radius 2 is 1.88 bits per heavy atom. The van der Waals surface area contributed by atoms with E-state index in [2.05, 4.69) is 61.0 Å². The van der Waals surface area contributed by atoms with Crippen molar-refractivity contribution >= 4 is 28.0 Å². The molecule has 2 aromatic carbocycles. The predicted molar refractivity (Wildman–Crippen MR) is 109 cm³/mol. The fourth-order valence-corrected chi connectivity index (χ4v) is 3.24. The van der Waals surface area contributed by atoms with E-state index in [1.807, 2.05) is 18.2 Å². The minimum Gasteiger partial charge on any atom is -0.342 e. The van der Waals surface area contributed by atoms with Gasteiger partial charge in [0.05, 0.1) is 16.6 Å². The van der Waals surface area contributed by atoms with Crippen LogP contribution in [-0.4, -0.2) is 15.0 Å². The Hall–Kier alpha value is -3.20. The Bertz CT molecular complexity index is 1120. The number of nitrogens with one attached hydrogen (secondary N) is 1. The number of H-pyrrole nitrogens is 1. The van der Waals surface area contributed by atoms with Crippen LogP contribution in [-0.2, 0) is 12.8 Å². The van der Waals surface area contributed by atoms with Crippen molar-refractivity contribution in [2.24, 2.45) is 0 Å².